The molecule has 0 atom stereocenters. The van der Waals surface area contributed by atoms with E-state index in [-0.39, 0.29) is 17.5 Å². The molecule has 0 spiro atoms. The van der Waals surface area contributed by atoms with E-state index in [2.05, 4.69) is 51.3 Å². The van der Waals surface area contributed by atoms with Crippen LogP contribution < -0.4 is 26.8 Å². The lowest BCUT2D eigenvalue weighted by Crippen LogP contribution is -2.17. The third-order valence-electron chi connectivity index (χ3n) is 7.99. The molecule has 4 aromatic carbocycles. The topological polar surface area (TPSA) is 196 Å². The number of aromatic nitrogens is 8. The highest BCUT2D eigenvalue weighted by Gasteiger charge is 2.31. The molecule has 0 aliphatic heterocycles. The third kappa shape index (κ3) is 8.18. The maximum Gasteiger partial charge on any atom is 0.573 e. The molecular weight excluding hydrogens is 712 g/mol. The Morgan fingerprint density at radius 2 is 1.05 bits per heavy atom. The minimum atomic E-state index is -4.74. The van der Waals surface area contributed by atoms with Crippen molar-refractivity contribution in [1.29, 1.82) is 5.26 Å². The highest BCUT2D eigenvalue weighted by atomic mass is 19.4. The fourth-order valence-corrected chi connectivity index (χ4v) is 5.74. The number of imidazole rings is 2. The molecule has 14 nitrogen and oxygen atoms in total. The molecular formula is C38H30F3N13O. The largest absolute Gasteiger partial charge is 0.573 e. The Kier molecular flexibility index (Phi) is 9.54. The Bertz CT molecular complexity index is 2680. The second-order valence-corrected chi connectivity index (χ2v) is 11.9. The van der Waals surface area contributed by atoms with Gasteiger partial charge < -0.3 is 26.8 Å². The smallest absolute Gasteiger partial charge is 0.406 e. The third-order valence-corrected chi connectivity index (χ3v) is 7.99. The average molecular weight is 742 g/mol. The highest BCUT2D eigenvalue weighted by molar-refractivity contribution is 5.79. The number of hydrogen-bond acceptors (Lipinski definition) is 12. The summed E-state index contributed by atoms with van der Waals surface area (Å²) in [6.45, 7) is 3.77. The average Bonchev–Trinajstić information content (AvgIpc) is 3.67. The number of alkyl halides is 3. The number of anilines is 6. The van der Waals surface area contributed by atoms with Crippen molar-refractivity contribution in [3.63, 3.8) is 0 Å². The fraction of sp³-hybridized carbons (Fsp3) is 0.0789. The zero-order valence-corrected chi connectivity index (χ0v) is 29.1. The number of para-hydroxylation sites is 4. The van der Waals surface area contributed by atoms with Crippen molar-refractivity contribution in [3.05, 3.63) is 126 Å². The van der Waals surface area contributed by atoms with Crippen molar-refractivity contribution < 1.29 is 17.9 Å². The number of nitrogens with two attached hydrogens (primary N) is 2. The van der Waals surface area contributed by atoms with Crippen molar-refractivity contribution in [2.24, 2.45) is 0 Å². The van der Waals surface area contributed by atoms with Gasteiger partial charge in [0.15, 0.2) is 0 Å². The number of aryl methyl sites for hydroxylation is 2. The van der Waals surface area contributed by atoms with Crippen molar-refractivity contribution in [2.45, 2.75) is 20.2 Å². The predicted octanol–water partition coefficient (Wildman–Crippen LogP) is 7.67. The first-order valence-electron chi connectivity index (χ1n) is 16.5. The van der Waals surface area contributed by atoms with Crippen LogP contribution in [0.4, 0.5) is 48.1 Å². The molecule has 17 heteroatoms. The summed E-state index contributed by atoms with van der Waals surface area (Å²) in [5, 5.41) is 14.9. The van der Waals surface area contributed by atoms with Gasteiger partial charge in [-0.15, -0.1) is 13.2 Å². The van der Waals surface area contributed by atoms with Gasteiger partial charge in [0.1, 0.15) is 40.7 Å². The Balaban J connectivity index is 0.000000170. The molecule has 0 radical (unpaired) electrons. The monoisotopic (exact) mass is 741 g/mol. The number of ether oxygens (including phenoxy) is 1. The van der Waals surface area contributed by atoms with Crippen LogP contribution in [0.2, 0.25) is 0 Å². The number of hydrogen-bond donors (Lipinski definition) is 4. The van der Waals surface area contributed by atoms with Gasteiger partial charge in [0.25, 0.3) is 0 Å². The molecule has 6 N–H and O–H groups in total. The van der Waals surface area contributed by atoms with Gasteiger partial charge in [0.2, 0.25) is 11.9 Å². The highest BCUT2D eigenvalue weighted by Crippen LogP contribution is 2.27. The number of rotatable bonds is 7. The van der Waals surface area contributed by atoms with Crippen molar-refractivity contribution in [2.75, 3.05) is 22.1 Å². The van der Waals surface area contributed by atoms with E-state index in [9.17, 15) is 13.2 Å². The van der Waals surface area contributed by atoms with Gasteiger partial charge in [-0.3, -0.25) is 9.13 Å². The molecule has 0 bridgehead atoms. The predicted molar refractivity (Wildman–Crippen MR) is 202 cm³/mol. The second-order valence-electron chi connectivity index (χ2n) is 11.9. The number of fused-ring (bicyclic) bond motifs is 2. The van der Waals surface area contributed by atoms with E-state index in [1.165, 1.54) is 24.3 Å². The van der Waals surface area contributed by atoms with Gasteiger partial charge in [-0.05, 0) is 86.6 Å². The number of nitrogens with one attached hydrogen (secondary N) is 2. The normalized spacial score (nSPS) is 11.1. The van der Waals surface area contributed by atoms with Crippen molar-refractivity contribution in [1.82, 2.24) is 39.0 Å². The van der Waals surface area contributed by atoms with Gasteiger partial charge in [-0.2, -0.15) is 25.2 Å². The molecule has 0 aliphatic carbocycles. The van der Waals surface area contributed by atoms with Crippen LogP contribution in [0.25, 0.3) is 33.7 Å². The number of nitriles is 1. The van der Waals surface area contributed by atoms with Gasteiger partial charge in [0, 0.05) is 23.5 Å². The summed E-state index contributed by atoms with van der Waals surface area (Å²) in [5.74, 6) is 3.52. The summed E-state index contributed by atoms with van der Waals surface area (Å²) in [4.78, 5) is 26.5. The minimum absolute atomic E-state index is 0.196. The molecule has 0 unspecified atom stereocenters. The summed E-state index contributed by atoms with van der Waals surface area (Å²) >= 11 is 0. The lowest BCUT2D eigenvalue weighted by Gasteiger charge is -2.12. The summed E-state index contributed by atoms with van der Waals surface area (Å²) in [6.07, 6.45) is -4.74. The quantitative estimate of drug-likeness (QED) is 0.125. The van der Waals surface area contributed by atoms with Gasteiger partial charge in [-0.1, -0.05) is 24.3 Å². The Labute approximate surface area is 310 Å². The maximum atomic E-state index is 12.3. The van der Waals surface area contributed by atoms with Crippen LogP contribution in [0.1, 0.15) is 17.2 Å². The fourth-order valence-electron chi connectivity index (χ4n) is 5.74. The summed E-state index contributed by atoms with van der Waals surface area (Å²) < 4.78 is 44.5. The van der Waals surface area contributed by atoms with Crippen LogP contribution in [-0.2, 0) is 0 Å². The SMILES string of the molecule is Cc1nc2ccccc2n1-c1cc(N)nc(Nc2ccc(C#N)cc2)n1.Cc1nc2ccccc2n1-c1cc(N)nc(Nc2ccc(OC(F)(F)F)cc2)n1. The minimum Gasteiger partial charge on any atom is -0.406 e. The van der Waals surface area contributed by atoms with E-state index in [4.69, 9.17) is 16.7 Å². The maximum absolute atomic E-state index is 12.3. The molecule has 0 amide bonds. The molecule has 0 fully saturated rings. The van der Waals surface area contributed by atoms with Gasteiger partial charge in [0.05, 0.1) is 33.7 Å². The molecule has 0 saturated carbocycles. The number of halogens is 3. The van der Waals surface area contributed by atoms with Gasteiger partial charge >= 0.3 is 6.36 Å². The van der Waals surface area contributed by atoms with E-state index >= 15 is 0 Å². The zero-order valence-electron chi connectivity index (χ0n) is 29.1. The van der Waals surface area contributed by atoms with Crippen LogP contribution in [0.3, 0.4) is 0 Å². The van der Waals surface area contributed by atoms with Crippen LogP contribution >= 0.6 is 0 Å². The first-order valence-corrected chi connectivity index (χ1v) is 16.5. The summed E-state index contributed by atoms with van der Waals surface area (Å²) in [5.41, 5.74) is 17.3. The summed E-state index contributed by atoms with van der Waals surface area (Å²) in [7, 11) is 0. The van der Waals surface area contributed by atoms with Gasteiger partial charge in [-0.25, -0.2) is 9.97 Å². The Morgan fingerprint density at radius 3 is 1.49 bits per heavy atom. The molecule has 55 heavy (non-hydrogen) atoms. The van der Waals surface area contributed by atoms with Crippen LogP contribution in [0.15, 0.2) is 109 Å². The van der Waals surface area contributed by atoms with E-state index in [1.807, 2.05) is 71.5 Å². The van der Waals surface area contributed by atoms with E-state index in [0.29, 0.717) is 34.7 Å². The van der Waals surface area contributed by atoms with E-state index < -0.39 is 6.36 Å². The number of nitrogens with zero attached hydrogens (tertiary/aromatic N) is 9. The number of benzene rings is 4. The molecule has 274 valence electrons. The Hall–Kier alpha value is -7.74. The first kappa shape index (κ1) is 35.7. The van der Waals surface area contributed by atoms with Crippen molar-refractivity contribution >= 4 is 57.0 Å². The molecule has 0 saturated heterocycles. The standard InChI is InChI=1S/C19H15F3N6O.C19H15N7/c1-11-24-14-4-2-3-5-15(14)28(11)17-10-16(23)26-18(27-17)25-12-6-8-13(9-7-12)29-19(20,21)22;1-12-22-15-4-2-3-5-16(15)26(12)18-10-17(21)24-19(25-18)23-14-8-6-13(11-20)7-9-14/h2-10H,1H3,(H3,23,25,26,27);2-10H,1H3,(H3,21,23,24,25). The van der Waals surface area contributed by atoms with Crippen LogP contribution in [-0.4, -0.2) is 45.4 Å². The first-order chi connectivity index (χ1) is 26.4. The zero-order chi connectivity index (χ0) is 38.7. The van der Waals surface area contributed by atoms with E-state index in [1.54, 1.807) is 36.4 Å². The molecule has 8 aromatic rings. The van der Waals surface area contributed by atoms with Crippen molar-refractivity contribution in [3.8, 4) is 23.5 Å². The van der Waals surface area contributed by atoms with Crippen LogP contribution in [0.5, 0.6) is 5.75 Å². The molecule has 4 aromatic heterocycles. The second kappa shape index (κ2) is 14.7. The summed E-state index contributed by atoms with van der Waals surface area (Å²) in [6, 6.07) is 33.1. The molecule has 4 heterocycles. The van der Waals surface area contributed by atoms with Crippen LogP contribution in [0, 0.1) is 25.2 Å². The van der Waals surface area contributed by atoms with E-state index in [0.717, 1.165) is 39.4 Å². The Morgan fingerprint density at radius 1 is 0.618 bits per heavy atom. The lowest BCUT2D eigenvalue weighted by atomic mass is 10.2. The molecule has 0 aliphatic rings. The number of nitrogen functional groups attached to an aromatic ring is 2. The molecule has 8 rings (SSSR count). The lowest BCUT2D eigenvalue weighted by molar-refractivity contribution is -0.274.